The summed E-state index contributed by atoms with van der Waals surface area (Å²) in [7, 11) is 1.26. The summed E-state index contributed by atoms with van der Waals surface area (Å²) in [5, 5.41) is 2.63. The number of anilines is 1. The van der Waals surface area contributed by atoms with Crippen LogP contribution in [0.15, 0.2) is 47.1 Å². The number of furan rings is 1. The number of Topliss-reactive ketones (excluding diaryl/α,β-unsaturated/α-hetero) is 1. The van der Waals surface area contributed by atoms with Gasteiger partial charge in [-0.25, -0.2) is 9.59 Å². The van der Waals surface area contributed by atoms with E-state index in [4.69, 9.17) is 13.9 Å². The van der Waals surface area contributed by atoms with Gasteiger partial charge in [-0.05, 0) is 55.8 Å². The number of carbonyl (C=O) groups is 4. The monoisotopic (exact) mass is 424 g/mol. The number of rotatable bonds is 7. The number of esters is 2. The zero-order valence-electron chi connectivity index (χ0n) is 17.1. The summed E-state index contributed by atoms with van der Waals surface area (Å²) in [6, 6.07) is 9.11. The number of ether oxygens (including phenoxy) is 2. The van der Waals surface area contributed by atoms with Gasteiger partial charge in [0.25, 0.3) is 5.91 Å². The Balaban J connectivity index is 1.60. The van der Waals surface area contributed by atoms with Gasteiger partial charge in [-0.2, -0.15) is 0 Å². The van der Waals surface area contributed by atoms with E-state index < -0.39 is 30.2 Å². The maximum absolute atomic E-state index is 12.4. The molecule has 160 valence electrons. The van der Waals surface area contributed by atoms with Gasteiger partial charge >= 0.3 is 11.9 Å². The summed E-state index contributed by atoms with van der Waals surface area (Å²) in [6.45, 7) is 2.76. The van der Waals surface area contributed by atoms with Crippen molar-refractivity contribution < 1.29 is 33.1 Å². The van der Waals surface area contributed by atoms with E-state index in [2.05, 4.69) is 10.3 Å². The summed E-state index contributed by atoms with van der Waals surface area (Å²) in [6.07, 6.45) is 1.39. The van der Waals surface area contributed by atoms with Crippen molar-refractivity contribution in [3.63, 3.8) is 0 Å². The minimum absolute atomic E-state index is 0.159. The van der Waals surface area contributed by atoms with Crippen LogP contribution in [0.2, 0.25) is 0 Å². The highest BCUT2D eigenvalue weighted by atomic mass is 16.5. The molecule has 0 saturated heterocycles. The molecular weight excluding hydrogens is 404 g/mol. The lowest BCUT2D eigenvalue weighted by molar-refractivity contribution is 0.0473. The summed E-state index contributed by atoms with van der Waals surface area (Å²) in [4.78, 5) is 51.3. The first-order valence-corrected chi connectivity index (χ1v) is 9.24. The van der Waals surface area contributed by atoms with Crippen LogP contribution in [-0.4, -0.2) is 42.3 Å². The van der Waals surface area contributed by atoms with Gasteiger partial charge in [0, 0.05) is 11.4 Å². The quantitative estimate of drug-likeness (QED) is 0.440. The number of benzene rings is 1. The molecule has 3 rings (SSSR count). The molecule has 31 heavy (non-hydrogen) atoms. The lowest BCUT2D eigenvalue weighted by Crippen LogP contribution is -2.16. The number of carbonyl (C=O) groups excluding carboxylic acids is 4. The zero-order chi connectivity index (χ0) is 22.5. The number of hydrogen-bond donors (Lipinski definition) is 2. The van der Waals surface area contributed by atoms with Crippen molar-refractivity contribution >= 4 is 29.3 Å². The van der Waals surface area contributed by atoms with Gasteiger partial charge in [-0.3, -0.25) is 9.59 Å². The van der Waals surface area contributed by atoms with Crippen molar-refractivity contribution in [2.75, 3.05) is 19.0 Å². The number of nitrogens with one attached hydrogen (secondary N) is 2. The van der Waals surface area contributed by atoms with Gasteiger partial charge in [0.05, 0.1) is 30.2 Å². The first-order valence-electron chi connectivity index (χ1n) is 9.24. The molecule has 1 aromatic carbocycles. The van der Waals surface area contributed by atoms with Crippen LogP contribution in [-0.2, 0) is 9.47 Å². The van der Waals surface area contributed by atoms with Crippen molar-refractivity contribution in [2.45, 2.75) is 13.8 Å². The smallest absolute Gasteiger partial charge is 0.339 e. The molecule has 1 amide bonds. The Kier molecular flexibility index (Phi) is 6.35. The Morgan fingerprint density at radius 3 is 2.35 bits per heavy atom. The normalized spacial score (nSPS) is 10.4. The Bertz CT molecular complexity index is 1130. The second-order valence-corrected chi connectivity index (χ2v) is 6.62. The van der Waals surface area contributed by atoms with Crippen LogP contribution in [0.25, 0.3) is 0 Å². The molecule has 0 aliphatic carbocycles. The van der Waals surface area contributed by atoms with Crippen LogP contribution in [0.5, 0.6) is 0 Å². The first-order chi connectivity index (χ1) is 14.8. The fourth-order valence-corrected chi connectivity index (χ4v) is 3.01. The molecule has 3 aromatic rings. The number of methoxy groups -OCH3 is 1. The third-order valence-corrected chi connectivity index (χ3v) is 4.56. The first kappa shape index (κ1) is 21.6. The fourth-order valence-electron chi connectivity index (χ4n) is 3.01. The SMILES string of the molecule is COC(=O)c1c(C)[nH]c(C(=O)COC(=O)c2ccc(NC(=O)c3ccco3)cc2)c1C. The maximum atomic E-state index is 12.4. The third kappa shape index (κ3) is 4.72. The highest BCUT2D eigenvalue weighted by Crippen LogP contribution is 2.20. The highest BCUT2D eigenvalue weighted by Gasteiger charge is 2.23. The van der Waals surface area contributed by atoms with Crippen molar-refractivity contribution in [3.8, 4) is 0 Å². The van der Waals surface area contributed by atoms with Crippen molar-refractivity contribution in [1.29, 1.82) is 0 Å². The number of aromatic amines is 1. The summed E-state index contributed by atoms with van der Waals surface area (Å²) >= 11 is 0. The van der Waals surface area contributed by atoms with Crippen molar-refractivity contribution in [1.82, 2.24) is 4.98 Å². The van der Waals surface area contributed by atoms with Crippen LogP contribution in [0, 0.1) is 13.8 Å². The zero-order valence-corrected chi connectivity index (χ0v) is 17.1. The van der Waals surface area contributed by atoms with Crippen molar-refractivity contribution in [2.24, 2.45) is 0 Å². The predicted octanol–water partition coefficient (Wildman–Crippen LogP) is 3.30. The standard InChI is InChI=1S/C22H20N2O7/c1-12-18(22(28)29-3)13(2)23-19(12)16(25)11-31-21(27)14-6-8-15(9-7-14)24-20(26)17-5-4-10-30-17/h4-10,23H,11H2,1-3H3,(H,24,26). The Morgan fingerprint density at radius 1 is 1.03 bits per heavy atom. The second kappa shape index (κ2) is 9.12. The fraction of sp³-hybridized carbons (Fsp3) is 0.182. The Labute approximate surface area is 177 Å². The van der Waals surface area contributed by atoms with E-state index in [9.17, 15) is 19.2 Å². The molecule has 2 heterocycles. The van der Waals surface area contributed by atoms with Gasteiger partial charge < -0.3 is 24.2 Å². The molecular formula is C22H20N2O7. The van der Waals surface area contributed by atoms with E-state index in [1.807, 2.05) is 0 Å². The Hall–Kier alpha value is -4.14. The molecule has 2 aromatic heterocycles. The van der Waals surface area contributed by atoms with Crippen LogP contribution in [0.1, 0.15) is 53.0 Å². The number of aromatic nitrogens is 1. The second-order valence-electron chi connectivity index (χ2n) is 6.62. The Morgan fingerprint density at radius 2 is 1.74 bits per heavy atom. The van der Waals surface area contributed by atoms with E-state index in [0.29, 0.717) is 16.9 Å². The van der Waals surface area contributed by atoms with E-state index >= 15 is 0 Å². The number of aryl methyl sites for hydroxylation is 1. The number of ketones is 1. The summed E-state index contributed by atoms with van der Waals surface area (Å²) < 4.78 is 14.8. The molecule has 0 aliphatic rings. The molecule has 0 unspecified atom stereocenters. The molecule has 0 saturated carbocycles. The molecule has 2 N–H and O–H groups in total. The van der Waals surface area contributed by atoms with Gasteiger partial charge in [-0.1, -0.05) is 0 Å². The molecule has 0 fully saturated rings. The highest BCUT2D eigenvalue weighted by molar-refractivity contribution is 6.04. The predicted molar refractivity (Wildman–Crippen MR) is 109 cm³/mol. The summed E-state index contributed by atoms with van der Waals surface area (Å²) in [5.74, 6) is -2.00. The minimum atomic E-state index is -0.702. The maximum Gasteiger partial charge on any atom is 0.339 e. The van der Waals surface area contributed by atoms with Crippen molar-refractivity contribution in [3.05, 3.63) is 76.5 Å². The topological polar surface area (TPSA) is 128 Å². The molecule has 0 spiro atoms. The molecule has 0 aliphatic heterocycles. The van der Waals surface area contributed by atoms with Crippen LogP contribution in [0.3, 0.4) is 0 Å². The van der Waals surface area contributed by atoms with E-state index in [-0.39, 0.29) is 22.6 Å². The van der Waals surface area contributed by atoms with Gasteiger partial charge in [0.1, 0.15) is 0 Å². The number of hydrogen-bond acceptors (Lipinski definition) is 7. The summed E-state index contributed by atoms with van der Waals surface area (Å²) in [5.41, 5.74) is 2.06. The molecule has 9 heteroatoms. The molecule has 0 bridgehead atoms. The third-order valence-electron chi connectivity index (χ3n) is 4.56. The van der Waals surface area contributed by atoms with E-state index in [0.717, 1.165) is 0 Å². The van der Waals surface area contributed by atoms with Gasteiger partial charge in [0.15, 0.2) is 12.4 Å². The lowest BCUT2D eigenvalue weighted by Gasteiger charge is -2.06. The average Bonchev–Trinajstić information content (AvgIpc) is 3.40. The minimum Gasteiger partial charge on any atom is -0.465 e. The van der Waals surface area contributed by atoms with E-state index in [1.165, 1.54) is 43.7 Å². The molecule has 0 radical (unpaired) electrons. The van der Waals surface area contributed by atoms with Gasteiger partial charge in [-0.15, -0.1) is 0 Å². The van der Waals surface area contributed by atoms with Crippen LogP contribution < -0.4 is 5.32 Å². The average molecular weight is 424 g/mol. The number of amides is 1. The molecule has 9 nitrogen and oxygen atoms in total. The van der Waals surface area contributed by atoms with Crippen LogP contribution >= 0.6 is 0 Å². The largest absolute Gasteiger partial charge is 0.465 e. The van der Waals surface area contributed by atoms with Crippen LogP contribution in [0.4, 0.5) is 5.69 Å². The molecule has 0 atom stereocenters. The number of H-pyrrole nitrogens is 1. The van der Waals surface area contributed by atoms with E-state index in [1.54, 1.807) is 19.9 Å². The lowest BCUT2D eigenvalue weighted by atomic mass is 10.1. The van der Waals surface area contributed by atoms with Gasteiger partial charge in [0.2, 0.25) is 5.78 Å².